The lowest BCUT2D eigenvalue weighted by Gasteiger charge is -2.07. The van der Waals surface area contributed by atoms with E-state index in [9.17, 15) is 13.2 Å². The Bertz CT molecular complexity index is 774. The van der Waals surface area contributed by atoms with Gasteiger partial charge in [-0.1, -0.05) is 34.1 Å². The molecule has 2 aromatic rings. The summed E-state index contributed by atoms with van der Waals surface area (Å²) in [5.74, 6) is -0.356. The number of carbonyl (C=O) groups excluding carboxylic acids is 1. The highest BCUT2D eigenvalue weighted by Crippen LogP contribution is 2.17. The number of benzene rings is 2. The Morgan fingerprint density at radius 2 is 1.86 bits per heavy atom. The van der Waals surface area contributed by atoms with E-state index in [2.05, 4.69) is 21.2 Å². The minimum atomic E-state index is -4.29. The summed E-state index contributed by atoms with van der Waals surface area (Å²) < 4.78 is 31.1. The Hall–Kier alpha value is -1.70. The average molecular weight is 370 g/mol. The van der Waals surface area contributed by atoms with Crippen molar-refractivity contribution in [3.05, 3.63) is 59.7 Å². The van der Waals surface area contributed by atoms with Gasteiger partial charge < -0.3 is 5.32 Å². The molecule has 7 heteroatoms. The molecule has 0 aromatic heterocycles. The third-order valence-corrected chi connectivity index (χ3v) is 4.23. The maximum atomic E-state index is 12.1. The first kappa shape index (κ1) is 15.7. The predicted octanol–water partition coefficient (Wildman–Crippen LogP) is 3.08. The highest BCUT2D eigenvalue weighted by Gasteiger charge is 2.11. The van der Waals surface area contributed by atoms with Crippen LogP contribution in [-0.2, 0) is 15.4 Å². The molecule has 0 heterocycles. The van der Waals surface area contributed by atoms with Crippen LogP contribution in [0.25, 0.3) is 0 Å². The molecule has 2 rings (SSSR count). The summed E-state index contributed by atoms with van der Waals surface area (Å²) in [6, 6.07) is 12.5. The Morgan fingerprint density at radius 1 is 1.14 bits per heavy atom. The van der Waals surface area contributed by atoms with Crippen LogP contribution in [0.5, 0.6) is 0 Å². The van der Waals surface area contributed by atoms with Crippen molar-refractivity contribution in [3.63, 3.8) is 0 Å². The Balaban J connectivity index is 2.23. The van der Waals surface area contributed by atoms with Crippen molar-refractivity contribution in [1.82, 2.24) is 0 Å². The van der Waals surface area contributed by atoms with E-state index in [0.717, 1.165) is 5.56 Å². The summed E-state index contributed by atoms with van der Waals surface area (Å²) in [6.07, 6.45) is 0. The van der Waals surface area contributed by atoms with Crippen LogP contribution in [0.3, 0.4) is 0 Å². The van der Waals surface area contributed by atoms with Gasteiger partial charge in [-0.15, -0.1) is 0 Å². The van der Waals surface area contributed by atoms with Crippen LogP contribution >= 0.6 is 15.9 Å². The SMILES string of the molecule is O=C(Nc1cccc(S(=O)(=O)O)c1)c1cccc(CBr)c1. The van der Waals surface area contributed by atoms with E-state index in [1.54, 1.807) is 24.3 Å². The van der Waals surface area contributed by atoms with Crippen LogP contribution in [-0.4, -0.2) is 18.9 Å². The molecule has 0 fully saturated rings. The van der Waals surface area contributed by atoms with E-state index < -0.39 is 10.1 Å². The van der Waals surface area contributed by atoms with Gasteiger partial charge in [-0.25, -0.2) is 0 Å². The molecule has 0 bridgehead atoms. The molecule has 1 amide bonds. The summed E-state index contributed by atoms with van der Waals surface area (Å²) in [6.45, 7) is 0. The third kappa shape index (κ3) is 4.13. The fourth-order valence-electron chi connectivity index (χ4n) is 1.73. The van der Waals surface area contributed by atoms with Gasteiger partial charge in [0.1, 0.15) is 0 Å². The molecule has 110 valence electrons. The lowest BCUT2D eigenvalue weighted by Crippen LogP contribution is -2.12. The molecule has 2 aromatic carbocycles. The van der Waals surface area contributed by atoms with Crippen LogP contribution < -0.4 is 5.32 Å². The summed E-state index contributed by atoms with van der Waals surface area (Å²) >= 11 is 3.31. The van der Waals surface area contributed by atoms with E-state index in [-0.39, 0.29) is 10.8 Å². The minimum Gasteiger partial charge on any atom is -0.322 e. The van der Waals surface area contributed by atoms with E-state index in [1.165, 1.54) is 18.2 Å². The second kappa shape index (κ2) is 6.38. The molecule has 0 aliphatic heterocycles. The van der Waals surface area contributed by atoms with Gasteiger partial charge in [0.2, 0.25) is 0 Å². The van der Waals surface area contributed by atoms with Gasteiger partial charge in [-0.2, -0.15) is 8.42 Å². The number of hydrogen-bond donors (Lipinski definition) is 2. The van der Waals surface area contributed by atoms with Crippen LogP contribution in [0.2, 0.25) is 0 Å². The molecule has 0 saturated carbocycles. The summed E-state index contributed by atoms with van der Waals surface area (Å²) in [5.41, 5.74) is 1.71. The topological polar surface area (TPSA) is 83.5 Å². The standard InChI is InChI=1S/C14H12BrNO4S/c15-9-10-3-1-4-11(7-10)14(17)16-12-5-2-6-13(8-12)21(18,19)20/h1-8H,9H2,(H,16,17)(H,18,19,20). The smallest absolute Gasteiger partial charge is 0.294 e. The Morgan fingerprint density at radius 3 is 2.52 bits per heavy atom. The van der Waals surface area contributed by atoms with Gasteiger partial charge >= 0.3 is 0 Å². The second-order valence-corrected chi connectivity index (χ2v) is 6.27. The average Bonchev–Trinajstić information content (AvgIpc) is 2.46. The molecule has 0 saturated heterocycles. The first-order chi connectivity index (χ1) is 9.90. The molecule has 0 atom stereocenters. The quantitative estimate of drug-likeness (QED) is 0.640. The Kier molecular flexibility index (Phi) is 4.76. The zero-order valence-electron chi connectivity index (χ0n) is 10.8. The molecule has 0 aliphatic carbocycles. The van der Waals surface area contributed by atoms with E-state index >= 15 is 0 Å². The zero-order valence-corrected chi connectivity index (χ0v) is 13.2. The third-order valence-electron chi connectivity index (χ3n) is 2.73. The van der Waals surface area contributed by atoms with Crippen LogP contribution in [0.15, 0.2) is 53.4 Å². The zero-order chi connectivity index (χ0) is 15.5. The van der Waals surface area contributed by atoms with Crippen molar-refractivity contribution < 1.29 is 17.8 Å². The Labute approximate surface area is 130 Å². The largest absolute Gasteiger partial charge is 0.322 e. The van der Waals surface area contributed by atoms with Gasteiger partial charge in [-0.3, -0.25) is 9.35 Å². The van der Waals surface area contributed by atoms with Gasteiger partial charge in [0.25, 0.3) is 16.0 Å². The van der Waals surface area contributed by atoms with Crippen molar-refractivity contribution in [2.75, 3.05) is 5.32 Å². The number of alkyl halides is 1. The van der Waals surface area contributed by atoms with E-state index in [1.807, 2.05) is 6.07 Å². The lowest BCUT2D eigenvalue weighted by molar-refractivity contribution is 0.102. The van der Waals surface area contributed by atoms with Crippen LogP contribution in [0.1, 0.15) is 15.9 Å². The molecule has 0 radical (unpaired) electrons. The summed E-state index contributed by atoms with van der Waals surface area (Å²) in [7, 11) is -4.29. The van der Waals surface area contributed by atoms with E-state index in [0.29, 0.717) is 16.6 Å². The van der Waals surface area contributed by atoms with Crippen LogP contribution in [0.4, 0.5) is 5.69 Å². The van der Waals surface area contributed by atoms with Crippen molar-refractivity contribution in [3.8, 4) is 0 Å². The number of nitrogens with one attached hydrogen (secondary N) is 1. The maximum Gasteiger partial charge on any atom is 0.294 e. The molecule has 5 nitrogen and oxygen atoms in total. The number of halogens is 1. The van der Waals surface area contributed by atoms with Gasteiger partial charge in [0, 0.05) is 16.6 Å². The molecule has 21 heavy (non-hydrogen) atoms. The highest BCUT2D eigenvalue weighted by atomic mass is 79.9. The highest BCUT2D eigenvalue weighted by molar-refractivity contribution is 9.08. The maximum absolute atomic E-state index is 12.1. The van der Waals surface area contributed by atoms with Crippen molar-refractivity contribution >= 4 is 37.6 Å². The van der Waals surface area contributed by atoms with Crippen molar-refractivity contribution in [2.45, 2.75) is 10.2 Å². The predicted molar refractivity (Wildman–Crippen MR) is 83.3 cm³/mol. The van der Waals surface area contributed by atoms with Gasteiger partial charge in [0.15, 0.2) is 0 Å². The molecule has 0 aliphatic rings. The van der Waals surface area contributed by atoms with Crippen molar-refractivity contribution in [2.24, 2.45) is 0 Å². The lowest BCUT2D eigenvalue weighted by atomic mass is 10.1. The first-order valence-electron chi connectivity index (χ1n) is 5.94. The fraction of sp³-hybridized carbons (Fsp3) is 0.0714. The normalized spacial score (nSPS) is 11.1. The number of amides is 1. The number of hydrogen-bond acceptors (Lipinski definition) is 3. The number of rotatable bonds is 4. The minimum absolute atomic E-state index is 0.269. The van der Waals surface area contributed by atoms with Gasteiger partial charge in [-0.05, 0) is 35.9 Å². The van der Waals surface area contributed by atoms with Crippen molar-refractivity contribution in [1.29, 1.82) is 0 Å². The van der Waals surface area contributed by atoms with Gasteiger partial charge in [0.05, 0.1) is 4.90 Å². The van der Waals surface area contributed by atoms with E-state index in [4.69, 9.17) is 4.55 Å². The molecular weight excluding hydrogens is 358 g/mol. The number of anilines is 1. The molecule has 0 unspecified atom stereocenters. The summed E-state index contributed by atoms with van der Waals surface area (Å²) in [5, 5.41) is 3.22. The van der Waals surface area contributed by atoms with Crippen LogP contribution in [0, 0.1) is 0 Å². The monoisotopic (exact) mass is 369 g/mol. The molecular formula is C14H12BrNO4S. The number of carbonyl (C=O) groups is 1. The fourth-order valence-corrected chi connectivity index (χ4v) is 2.61. The molecule has 2 N–H and O–H groups in total. The first-order valence-corrected chi connectivity index (χ1v) is 8.50. The summed E-state index contributed by atoms with van der Waals surface area (Å²) in [4.78, 5) is 11.8. The second-order valence-electron chi connectivity index (χ2n) is 4.29. The molecule has 0 spiro atoms.